The van der Waals surface area contributed by atoms with E-state index in [1.165, 1.54) is 10.9 Å². The van der Waals surface area contributed by atoms with E-state index in [9.17, 15) is 9.59 Å². The molecular weight excluding hydrogens is 378 g/mol. The van der Waals surface area contributed by atoms with Crippen LogP contribution in [0.15, 0.2) is 42.7 Å². The van der Waals surface area contributed by atoms with Crippen LogP contribution in [0.1, 0.15) is 43.7 Å². The van der Waals surface area contributed by atoms with Crippen LogP contribution in [-0.2, 0) is 16.0 Å². The molecule has 7 nitrogen and oxygen atoms in total. The second-order valence-corrected chi connectivity index (χ2v) is 8.40. The van der Waals surface area contributed by atoms with Crippen LogP contribution < -0.4 is 5.32 Å². The lowest BCUT2D eigenvalue weighted by Gasteiger charge is -2.32. The fraction of sp³-hybridized carbons (Fsp3) is 0.435. The van der Waals surface area contributed by atoms with E-state index < -0.39 is 0 Å². The first-order valence-electron chi connectivity index (χ1n) is 10.9. The van der Waals surface area contributed by atoms with E-state index in [1.807, 2.05) is 34.0 Å². The summed E-state index contributed by atoms with van der Waals surface area (Å²) < 4.78 is 1.92. The van der Waals surface area contributed by atoms with Crippen LogP contribution in [0, 0.1) is 5.92 Å². The number of benzene rings is 1. The number of aromatic nitrogens is 3. The maximum Gasteiger partial charge on any atom is 0.228 e. The average Bonchev–Trinajstić information content (AvgIpc) is 3.40. The van der Waals surface area contributed by atoms with Gasteiger partial charge in [0.2, 0.25) is 11.8 Å². The molecular formula is C23H27N5O2. The largest absolute Gasteiger partial charge is 0.361 e. The number of aryl methyl sites for hydroxylation is 1. The van der Waals surface area contributed by atoms with Gasteiger partial charge in [0.05, 0.1) is 12.2 Å². The summed E-state index contributed by atoms with van der Waals surface area (Å²) >= 11 is 0. The van der Waals surface area contributed by atoms with Crippen molar-refractivity contribution in [2.24, 2.45) is 5.92 Å². The summed E-state index contributed by atoms with van der Waals surface area (Å²) in [6.07, 6.45) is 8.70. The Hall–Kier alpha value is -3.09. The van der Waals surface area contributed by atoms with Gasteiger partial charge in [-0.05, 0) is 43.7 Å². The minimum atomic E-state index is 0.0987. The number of hydrogen-bond donors (Lipinski definition) is 2. The van der Waals surface area contributed by atoms with Gasteiger partial charge in [-0.15, -0.1) is 0 Å². The fourth-order valence-corrected chi connectivity index (χ4v) is 4.38. The fourth-order valence-electron chi connectivity index (χ4n) is 4.38. The van der Waals surface area contributed by atoms with Crippen molar-refractivity contribution in [3.63, 3.8) is 0 Å². The van der Waals surface area contributed by atoms with Crippen molar-refractivity contribution in [3.8, 4) is 0 Å². The predicted molar refractivity (Wildman–Crippen MR) is 115 cm³/mol. The molecule has 0 atom stereocenters. The topological polar surface area (TPSA) is 83.0 Å². The van der Waals surface area contributed by atoms with Crippen molar-refractivity contribution < 1.29 is 9.59 Å². The Kier molecular flexibility index (Phi) is 5.02. The Morgan fingerprint density at radius 1 is 1.10 bits per heavy atom. The van der Waals surface area contributed by atoms with E-state index in [0.29, 0.717) is 6.42 Å². The quantitative estimate of drug-likeness (QED) is 0.658. The molecule has 7 heteroatoms. The second-order valence-electron chi connectivity index (χ2n) is 8.40. The molecule has 0 spiro atoms. The van der Waals surface area contributed by atoms with E-state index in [-0.39, 0.29) is 23.8 Å². The predicted octanol–water partition coefficient (Wildman–Crippen LogP) is 3.51. The lowest BCUT2D eigenvalue weighted by Crippen LogP contribution is -2.39. The Morgan fingerprint density at radius 3 is 2.70 bits per heavy atom. The van der Waals surface area contributed by atoms with Gasteiger partial charge in [0.15, 0.2) is 0 Å². The van der Waals surface area contributed by atoms with Gasteiger partial charge in [0.1, 0.15) is 5.82 Å². The highest BCUT2D eigenvalue weighted by Crippen LogP contribution is 2.31. The molecule has 2 aromatic heterocycles. The number of H-pyrrole nitrogens is 1. The molecule has 0 bridgehead atoms. The highest BCUT2D eigenvalue weighted by atomic mass is 16.2. The number of likely N-dealkylation sites (tertiary alicyclic amines) is 1. The summed E-state index contributed by atoms with van der Waals surface area (Å²) in [5.41, 5.74) is 2.31. The van der Waals surface area contributed by atoms with Gasteiger partial charge in [-0.2, -0.15) is 5.10 Å². The number of anilines is 1. The molecule has 2 amide bonds. The van der Waals surface area contributed by atoms with Crippen LogP contribution in [0.25, 0.3) is 10.9 Å². The number of aromatic amines is 1. The normalized spacial score (nSPS) is 17.4. The summed E-state index contributed by atoms with van der Waals surface area (Å²) in [6.45, 7) is 1.46. The molecule has 0 radical (unpaired) electrons. The molecule has 3 heterocycles. The lowest BCUT2D eigenvalue weighted by molar-refractivity contribution is -0.132. The van der Waals surface area contributed by atoms with Crippen LogP contribution in [0.4, 0.5) is 5.82 Å². The zero-order valence-electron chi connectivity index (χ0n) is 17.0. The first-order valence-corrected chi connectivity index (χ1v) is 10.9. The van der Waals surface area contributed by atoms with Crippen molar-refractivity contribution in [1.29, 1.82) is 0 Å². The number of nitrogens with one attached hydrogen (secondary N) is 2. The number of amides is 2. The average molecular weight is 406 g/mol. The monoisotopic (exact) mass is 405 g/mol. The Balaban J connectivity index is 1.15. The van der Waals surface area contributed by atoms with Crippen molar-refractivity contribution in [1.82, 2.24) is 19.7 Å². The van der Waals surface area contributed by atoms with Crippen LogP contribution in [0.2, 0.25) is 0 Å². The maximum atomic E-state index is 12.8. The van der Waals surface area contributed by atoms with E-state index in [0.717, 1.165) is 56.5 Å². The molecule has 2 aliphatic rings. The molecule has 1 saturated carbocycles. The zero-order valence-corrected chi connectivity index (χ0v) is 17.0. The highest BCUT2D eigenvalue weighted by molar-refractivity contribution is 5.93. The van der Waals surface area contributed by atoms with Gasteiger partial charge in [-0.3, -0.25) is 9.59 Å². The molecule has 2 N–H and O–H groups in total. The Labute approximate surface area is 175 Å². The number of rotatable bonds is 6. The summed E-state index contributed by atoms with van der Waals surface area (Å²) in [5, 5.41) is 8.65. The molecule has 156 valence electrons. The van der Waals surface area contributed by atoms with E-state index in [2.05, 4.69) is 27.5 Å². The molecule has 1 aliphatic heterocycles. The molecule has 5 rings (SSSR count). The third kappa shape index (κ3) is 3.84. The minimum absolute atomic E-state index is 0.0987. The van der Waals surface area contributed by atoms with E-state index in [4.69, 9.17) is 0 Å². The number of carbonyl (C=O) groups is 2. The number of para-hydroxylation sites is 1. The second kappa shape index (κ2) is 7.97. The number of hydrogen-bond acceptors (Lipinski definition) is 3. The smallest absolute Gasteiger partial charge is 0.228 e. The Morgan fingerprint density at radius 2 is 1.90 bits per heavy atom. The molecule has 2 fully saturated rings. The van der Waals surface area contributed by atoms with Crippen LogP contribution in [0.5, 0.6) is 0 Å². The van der Waals surface area contributed by atoms with Crippen molar-refractivity contribution >= 4 is 28.5 Å². The van der Waals surface area contributed by atoms with Crippen LogP contribution in [0.3, 0.4) is 0 Å². The van der Waals surface area contributed by atoms with E-state index in [1.54, 1.807) is 6.20 Å². The first kappa shape index (κ1) is 18.9. The summed E-state index contributed by atoms with van der Waals surface area (Å²) in [6, 6.07) is 10.3. The molecule has 1 aliphatic carbocycles. The molecule has 3 aromatic rings. The summed E-state index contributed by atoms with van der Waals surface area (Å²) in [7, 11) is 0. The minimum Gasteiger partial charge on any atom is -0.361 e. The van der Waals surface area contributed by atoms with E-state index >= 15 is 0 Å². The zero-order chi connectivity index (χ0) is 20.5. The van der Waals surface area contributed by atoms with Gasteiger partial charge in [0, 0.05) is 48.6 Å². The lowest BCUT2D eigenvalue weighted by atomic mass is 10.0. The van der Waals surface area contributed by atoms with Crippen molar-refractivity contribution in [3.05, 3.63) is 48.3 Å². The van der Waals surface area contributed by atoms with Crippen molar-refractivity contribution in [2.45, 2.75) is 44.6 Å². The first-order chi connectivity index (χ1) is 14.7. The third-order valence-electron chi connectivity index (χ3n) is 6.32. The number of piperidine rings is 1. The van der Waals surface area contributed by atoms with Gasteiger partial charge in [0.25, 0.3) is 0 Å². The number of fused-ring (bicyclic) bond motifs is 1. The maximum absolute atomic E-state index is 12.8. The van der Waals surface area contributed by atoms with Crippen LogP contribution >= 0.6 is 0 Å². The van der Waals surface area contributed by atoms with Gasteiger partial charge >= 0.3 is 0 Å². The number of carbonyl (C=O) groups excluding carboxylic acids is 2. The van der Waals surface area contributed by atoms with Gasteiger partial charge in [-0.25, -0.2) is 4.68 Å². The molecule has 1 aromatic carbocycles. The SMILES string of the molecule is O=C(Nc1ccnn1C1CCN(C(=O)CCc2c[nH]c3ccccc23)CC1)C1CC1. The standard InChI is InChI=1S/C23H27N5O2/c29-22(8-7-17-15-24-20-4-2-1-3-19(17)20)27-13-10-18(11-14-27)28-21(9-12-25-28)26-23(30)16-5-6-16/h1-4,9,12,15-16,18,24H,5-8,10-11,13-14H2,(H,26,30). The molecule has 0 unspecified atom stereocenters. The molecule has 30 heavy (non-hydrogen) atoms. The Bertz CT molecular complexity index is 1060. The summed E-state index contributed by atoms with van der Waals surface area (Å²) in [4.78, 5) is 30.1. The van der Waals surface area contributed by atoms with Gasteiger partial charge in [-0.1, -0.05) is 18.2 Å². The van der Waals surface area contributed by atoms with Crippen molar-refractivity contribution in [2.75, 3.05) is 18.4 Å². The highest BCUT2D eigenvalue weighted by Gasteiger charge is 2.31. The third-order valence-corrected chi connectivity index (χ3v) is 6.32. The van der Waals surface area contributed by atoms with Crippen LogP contribution in [-0.4, -0.2) is 44.6 Å². The molecule has 1 saturated heterocycles. The van der Waals surface area contributed by atoms with Gasteiger partial charge < -0.3 is 15.2 Å². The number of nitrogens with zero attached hydrogens (tertiary/aromatic N) is 3. The summed E-state index contributed by atoms with van der Waals surface area (Å²) in [5.74, 6) is 1.25.